The number of amides is 1. The van der Waals surface area contributed by atoms with Crippen molar-refractivity contribution in [1.29, 1.82) is 0 Å². The molecule has 1 N–H and O–H groups in total. The SMILES string of the molecule is Cc1ccsc1C(=O)NCCS(=O)(=O)CCc1ccccc1. The van der Waals surface area contributed by atoms with Gasteiger partial charge in [0.15, 0.2) is 9.84 Å². The summed E-state index contributed by atoms with van der Waals surface area (Å²) in [5.41, 5.74) is 1.92. The Kier molecular flexibility index (Phi) is 5.74. The lowest BCUT2D eigenvalue weighted by Crippen LogP contribution is -2.30. The van der Waals surface area contributed by atoms with Gasteiger partial charge in [0.25, 0.3) is 5.91 Å². The molecule has 0 saturated carbocycles. The molecule has 0 saturated heterocycles. The Morgan fingerprint density at radius 2 is 1.86 bits per heavy atom. The molecular formula is C16H19NO3S2. The Balaban J connectivity index is 1.78. The van der Waals surface area contributed by atoms with Gasteiger partial charge < -0.3 is 5.32 Å². The highest BCUT2D eigenvalue weighted by molar-refractivity contribution is 7.91. The summed E-state index contributed by atoms with van der Waals surface area (Å²) in [7, 11) is -3.17. The summed E-state index contributed by atoms with van der Waals surface area (Å²) in [6, 6.07) is 11.4. The maximum absolute atomic E-state index is 12.0. The highest BCUT2D eigenvalue weighted by Crippen LogP contribution is 2.14. The van der Waals surface area contributed by atoms with Crippen molar-refractivity contribution in [3.05, 3.63) is 57.8 Å². The van der Waals surface area contributed by atoms with E-state index in [4.69, 9.17) is 0 Å². The van der Waals surface area contributed by atoms with Crippen LogP contribution >= 0.6 is 11.3 Å². The summed E-state index contributed by atoms with van der Waals surface area (Å²) in [4.78, 5) is 12.5. The van der Waals surface area contributed by atoms with Crippen LogP contribution in [0.3, 0.4) is 0 Å². The summed E-state index contributed by atoms with van der Waals surface area (Å²) in [5.74, 6) is -0.133. The smallest absolute Gasteiger partial charge is 0.261 e. The van der Waals surface area contributed by atoms with E-state index in [0.29, 0.717) is 11.3 Å². The minimum atomic E-state index is -3.17. The van der Waals surface area contributed by atoms with Crippen molar-refractivity contribution in [2.45, 2.75) is 13.3 Å². The second kappa shape index (κ2) is 7.56. The summed E-state index contributed by atoms with van der Waals surface area (Å²) < 4.78 is 24.0. The van der Waals surface area contributed by atoms with E-state index in [1.54, 1.807) is 0 Å². The molecule has 0 fully saturated rings. The number of rotatable bonds is 7. The van der Waals surface area contributed by atoms with Crippen molar-refractivity contribution in [2.75, 3.05) is 18.1 Å². The predicted octanol–water partition coefficient (Wildman–Crippen LogP) is 2.44. The Hall–Kier alpha value is -1.66. The number of carbonyl (C=O) groups is 1. The van der Waals surface area contributed by atoms with Gasteiger partial charge in [-0.3, -0.25) is 4.79 Å². The molecular weight excluding hydrogens is 318 g/mol. The second-order valence-electron chi connectivity index (χ2n) is 5.08. The Morgan fingerprint density at radius 3 is 2.50 bits per heavy atom. The van der Waals surface area contributed by atoms with Gasteiger partial charge in [-0.2, -0.15) is 0 Å². The zero-order valence-electron chi connectivity index (χ0n) is 12.4. The van der Waals surface area contributed by atoms with E-state index in [-0.39, 0.29) is 24.0 Å². The molecule has 22 heavy (non-hydrogen) atoms. The number of nitrogens with one attached hydrogen (secondary N) is 1. The molecule has 6 heteroatoms. The van der Waals surface area contributed by atoms with Gasteiger partial charge in [-0.15, -0.1) is 11.3 Å². The second-order valence-corrected chi connectivity index (χ2v) is 8.30. The fourth-order valence-electron chi connectivity index (χ4n) is 2.03. The van der Waals surface area contributed by atoms with Crippen molar-refractivity contribution in [3.8, 4) is 0 Å². The van der Waals surface area contributed by atoms with Crippen LogP contribution in [0.15, 0.2) is 41.8 Å². The van der Waals surface area contributed by atoms with Crippen molar-refractivity contribution >= 4 is 27.1 Å². The maximum atomic E-state index is 12.0. The van der Waals surface area contributed by atoms with E-state index in [9.17, 15) is 13.2 Å². The molecule has 0 bridgehead atoms. The van der Waals surface area contributed by atoms with Gasteiger partial charge >= 0.3 is 0 Å². The summed E-state index contributed by atoms with van der Waals surface area (Å²) in [5, 5.41) is 4.52. The molecule has 118 valence electrons. The number of hydrogen-bond donors (Lipinski definition) is 1. The van der Waals surface area contributed by atoms with Gasteiger partial charge in [0, 0.05) is 6.54 Å². The molecule has 0 aliphatic rings. The normalized spacial score (nSPS) is 11.3. The molecule has 2 rings (SSSR count). The standard InChI is InChI=1S/C16H19NO3S2/c1-13-7-10-21-15(13)16(18)17-9-12-22(19,20)11-8-14-5-3-2-4-6-14/h2-7,10H,8-9,11-12H2,1H3,(H,17,18). The summed E-state index contributed by atoms with van der Waals surface area (Å²) in [6.07, 6.45) is 0.501. The van der Waals surface area contributed by atoms with Crippen LogP contribution in [0.2, 0.25) is 0 Å². The largest absolute Gasteiger partial charge is 0.350 e. The van der Waals surface area contributed by atoms with Crippen LogP contribution in [0, 0.1) is 6.92 Å². The monoisotopic (exact) mass is 337 g/mol. The first kappa shape index (κ1) is 16.7. The van der Waals surface area contributed by atoms with Crippen molar-refractivity contribution < 1.29 is 13.2 Å². The van der Waals surface area contributed by atoms with Crippen LogP contribution in [0.4, 0.5) is 0 Å². The average Bonchev–Trinajstić information content (AvgIpc) is 2.92. The van der Waals surface area contributed by atoms with E-state index < -0.39 is 9.84 Å². The molecule has 0 aliphatic carbocycles. The van der Waals surface area contributed by atoms with Crippen molar-refractivity contribution in [2.24, 2.45) is 0 Å². The van der Waals surface area contributed by atoms with E-state index in [1.165, 1.54) is 11.3 Å². The number of hydrogen-bond acceptors (Lipinski definition) is 4. The van der Waals surface area contributed by atoms with Gasteiger partial charge in [-0.25, -0.2) is 8.42 Å². The van der Waals surface area contributed by atoms with Gasteiger partial charge in [-0.1, -0.05) is 30.3 Å². The molecule has 1 aromatic heterocycles. The summed E-state index contributed by atoms with van der Waals surface area (Å²) in [6.45, 7) is 2.01. The highest BCUT2D eigenvalue weighted by atomic mass is 32.2. The third kappa shape index (κ3) is 4.96. The number of carbonyl (C=O) groups excluding carboxylic acids is 1. The number of thiophene rings is 1. The Morgan fingerprint density at radius 1 is 1.14 bits per heavy atom. The van der Waals surface area contributed by atoms with Crippen LogP contribution in [-0.2, 0) is 16.3 Å². The first-order chi connectivity index (χ1) is 10.5. The number of aryl methyl sites for hydroxylation is 2. The molecule has 1 heterocycles. The summed E-state index contributed by atoms with van der Waals surface area (Å²) >= 11 is 1.36. The number of sulfone groups is 1. The predicted molar refractivity (Wildman–Crippen MR) is 90.2 cm³/mol. The fraction of sp³-hybridized carbons (Fsp3) is 0.312. The molecule has 0 radical (unpaired) electrons. The van der Waals surface area contributed by atoms with E-state index in [1.807, 2.05) is 48.7 Å². The van der Waals surface area contributed by atoms with Gasteiger partial charge in [0.2, 0.25) is 0 Å². The molecule has 2 aromatic rings. The minimum Gasteiger partial charge on any atom is -0.350 e. The Labute approximate surface area is 135 Å². The molecule has 0 spiro atoms. The van der Waals surface area contributed by atoms with E-state index in [2.05, 4.69) is 5.32 Å². The quantitative estimate of drug-likeness (QED) is 0.844. The molecule has 1 aromatic carbocycles. The van der Waals surface area contributed by atoms with Gasteiger partial charge in [0.05, 0.1) is 16.4 Å². The van der Waals surface area contributed by atoms with Crippen LogP contribution in [0.25, 0.3) is 0 Å². The number of benzene rings is 1. The average molecular weight is 337 g/mol. The molecule has 0 atom stereocenters. The first-order valence-corrected chi connectivity index (χ1v) is 9.75. The van der Waals surface area contributed by atoms with Crippen LogP contribution < -0.4 is 5.32 Å². The lowest BCUT2D eigenvalue weighted by atomic mass is 10.2. The molecule has 0 unspecified atom stereocenters. The fourth-order valence-corrected chi connectivity index (χ4v) is 4.03. The first-order valence-electron chi connectivity index (χ1n) is 7.04. The van der Waals surface area contributed by atoms with Crippen LogP contribution in [-0.4, -0.2) is 32.4 Å². The van der Waals surface area contributed by atoms with Crippen molar-refractivity contribution in [3.63, 3.8) is 0 Å². The van der Waals surface area contributed by atoms with Crippen LogP contribution in [0.5, 0.6) is 0 Å². The van der Waals surface area contributed by atoms with Gasteiger partial charge in [-0.05, 0) is 35.9 Å². The lowest BCUT2D eigenvalue weighted by molar-refractivity contribution is 0.0959. The van der Waals surface area contributed by atoms with E-state index in [0.717, 1.165) is 11.1 Å². The van der Waals surface area contributed by atoms with Crippen LogP contribution in [0.1, 0.15) is 20.8 Å². The zero-order valence-corrected chi connectivity index (χ0v) is 14.0. The third-order valence-electron chi connectivity index (χ3n) is 3.31. The topological polar surface area (TPSA) is 63.2 Å². The minimum absolute atomic E-state index is 0.0317. The molecule has 0 aliphatic heterocycles. The highest BCUT2D eigenvalue weighted by Gasteiger charge is 2.14. The van der Waals surface area contributed by atoms with Crippen molar-refractivity contribution in [1.82, 2.24) is 5.32 Å². The lowest BCUT2D eigenvalue weighted by Gasteiger charge is -2.06. The molecule has 1 amide bonds. The van der Waals surface area contributed by atoms with E-state index >= 15 is 0 Å². The maximum Gasteiger partial charge on any atom is 0.261 e. The molecule has 4 nitrogen and oxygen atoms in total. The third-order valence-corrected chi connectivity index (χ3v) is 5.98. The van der Waals surface area contributed by atoms with Gasteiger partial charge in [0.1, 0.15) is 0 Å². The zero-order chi connectivity index (χ0) is 16.0. The Bertz CT molecular complexity index is 721.